The molecule has 1 fully saturated rings. The summed E-state index contributed by atoms with van der Waals surface area (Å²) in [5, 5.41) is 16.0. The quantitative estimate of drug-likeness (QED) is 0.692. The van der Waals surface area contributed by atoms with Crippen LogP contribution in [-0.4, -0.2) is 15.8 Å². The number of nitro groups is 1. The number of aryl methyl sites for hydroxylation is 1. The number of hydrogen-bond donors (Lipinski definition) is 1. The van der Waals surface area contributed by atoms with Crippen molar-refractivity contribution in [3.05, 3.63) is 50.5 Å². The summed E-state index contributed by atoms with van der Waals surface area (Å²) in [6, 6.07) is 4.26. The van der Waals surface area contributed by atoms with E-state index >= 15 is 0 Å². The monoisotopic (exact) mass is 303 g/mol. The summed E-state index contributed by atoms with van der Waals surface area (Å²) >= 11 is 1.38. The summed E-state index contributed by atoms with van der Waals surface area (Å²) in [4.78, 5) is 26.9. The van der Waals surface area contributed by atoms with Crippen molar-refractivity contribution in [1.82, 2.24) is 4.98 Å². The predicted octanol–water partition coefficient (Wildman–Crippen LogP) is 3.49. The number of non-ortho nitro benzene ring substituents is 1. The van der Waals surface area contributed by atoms with E-state index in [4.69, 9.17) is 0 Å². The molecule has 0 bridgehead atoms. The van der Waals surface area contributed by atoms with Gasteiger partial charge in [0.1, 0.15) is 0 Å². The average Bonchev–Trinajstić information content (AvgIpc) is 3.20. The Morgan fingerprint density at radius 1 is 1.48 bits per heavy atom. The van der Waals surface area contributed by atoms with Gasteiger partial charge in [0.15, 0.2) is 5.13 Å². The maximum absolute atomic E-state index is 12.2. The molecule has 7 heteroatoms. The molecule has 1 amide bonds. The average molecular weight is 303 g/mol. The van der Waals surface area contributed by atoms with Gasteiger partial charge in [-0.15, -0.1) is 11.3 Å². The number of hydrogen-bond acceptors (Lipinski definition) is 5. The molecule has 108 valence electrons. The van der Waals surface area contributed by atoms with Gasteiger partial charge in [0.05, 0.1) is 10.6 Å². The van der Waals surface area contributed by atoms with Gasteiger partial charge in [-0.2, -0.15) is 0 Å². The van der Waals surface area contributed by atoms with Gasteiger partial charge in [0.2, 0.25) is 0 Å². The molecule has 1 N–H and O–H groups in total. The Morgan fingerprint density at radius 3 is 2.90 bits per heavy atom. The Bertz CT molecular complexity index is 722. The Hall–Kier alpha value is -2.28. The first-order valence-electron chi connectivity index (χ1n) is 6.56. The topological polar surface area (TPSA) is 85.1 Å². The summed E-state index contributed by atoms with van der Waals surface area (Å²) in [6.45, 7) is 1.75. The van der Waals surface area contributed by atoms with Crippen molar-refractivity contribution in [2.24, 2.45) is 0 Å². The van der Waals surface area contributed by atoms with Crippen molar-refractivity contribution < 1.29 is 9.72 Å². The number of nitrogens with one attached hydrogen (secondary N) is 1. The highest BCUT2D eigenvalue weighted by Gasteiger charge is 2.26. The van der Waals surface area contributed by atoms with Crippen molar-refractivity contribution in [3.63, 3.8) is 0 Å². The molecule has 0 atom stereocenters. The van der Waals surface area contributed by atoms with Crippen molar-refractivity contribution in [2.75, 3.05) is 5.32 Å². The lowest BCUT2D eigenvalue weighted by molar-refractivity contribution is -0.384. The molecule has 1 aromatic heterocycles. The zero-order valence-corrected chi connectivity index (χ0v) is 12.1. The molecule has 1 saturated carbocycles. The van der Waals surface area contributed by atoms with Crippen molar-refractivity contribution in [1.29, 1.82) is 0 Å². The molecule has 0 saturated heterocycles. The fourth-order valence-corrected chi connectivity index (χ4v) is 2.83. The number of carbonyl (C=O) groups excluding carboxylic acids is 1. The van der Waals surface area contributed by atoms with Crippen molar-refractivity contribution in [2.45, 2.75) is 25.7 Å². The van der Waals surface area contributed by atoms with Gasteiger partial charge in [-0.05, 0) is 25.3 Å². The second-order valence-corrected chi connectivity index (χ2v) is 5.92. The third-order valence-electron chi connectivity index (χ3n) is 3.41. The number of rotatable bonds is 4. The first-order chi connectivity index (χ1) is 10.0. The zero-order chi connectivity index (χ0) is 15.0. The minimum atomic E-state index is -0.509. The maximum atomic E-state index is 12.2. The molecule has 1 heterocycles. The van der Waals surface area contributed by atoms with Gasteiger partial charge < -0.3 is 0 Å². The number of benzene rings is 1. The Balaban J connectivity index is 1.80. The van der Waals surface area contributed by atoms with Crippen LogP contribution in [0.4, 0.5) is 10.8 Å². The number of thiazole rings is 1. The fraction of sp³-hybridized carbons (Fsp3) is 0.286. The normalized spacial score (nSPS) is 14.0. The van der Waals surface area contributed by atoms with Gasteiger partial charge in [-0.1, -0.05) is 6.07 Å². The van der Waals surface area contributed by atoms with Gasteiger partial charge in [-0.3, -0.25) is 20.2 Å². The number of nitro benzene ring substituents is 1. The van der Waals surface area contributed by atoms with Gasteiger partial charge in [-0.25, -0.2) is 4.98 Å². The van der Waals surface area contributed by atoms with Crippen molar-refractivity contribution >= 4 is 28.1 Å². The molecule has 21 heavy (non-hydrogen) atoms. The highest BCUT2D eigenvalue weighted by molar-refractivity contribution is 7.14. The van der Waals surface area contributed by atoms with Crippen LogP contribution in [0.1, 0.15) is 40.4 Å². The molecular formula is C14H13N3O3S. The standard InChI is InChI=1S/C14H13N3O3S/c1-8-2-5-10(17(19)20)6-11(8)13(18)16-14-15-12(7-21-14)9-3-4-9/h2,5-7,9H,3-4H2,1H3,(H,15,16,18). The van der Waals surface area contributed by atoms with Crippen molar-refractivity contribution in [3.8, 4) is 0 Å². The summed E-state index contributed by atoms with van der Waals surface area (Å²) in [5.74, 6) is 0.166. The van der Waals surface area contributed by atoms with Crippen LogP contribution in [0.2, 0.25) is 0 Å². The molecule has 6 nitrogen and oxygen atoms in total. The Morgan fingerprint density at radius 2 is 2.24 bits per heavy atom. The molecule has 0 spiro atoms. The number of aromatic nitrogens is 1. The Kier molecular flexibility index (Phi) is 3.42. The van der Waals surface area contributed by atoms with Crippen LogP contribution in [0, 0.1) is 17.0 Å². The molecule has 0 aliphatic heterocycles. The van der Waals surface area contributed by atoms with E-state index in [0.29, 0.717) is 22.2 Å². The smallest absolute Gasteiger partial charge is 0.270 e. The van der Waals surface area contributed by atoms with E-state index in [9.17, 15) is 14.9 Å². The van der Waals surface area contributed by atoms with Crippen LogP contribution in [0.5, 0.6) is 0 Å². The van der Waals surface area contributed by atoms with E-state index in [1.165, 1.54) is 23.5 Å². The molecule has 3 rings (SSSR count). The summed E-state index contributed by atoms with van der Waals surface area (Å²) in [6.07, 6.45) is 2.31. The van der Waals surface area contributed by atoms with Crippen LogP contribution in [0.3, 0.4) is 0 Å². The largest absolute Gasteiger partial charge is 0.298 e. The predicted molar refractivity (Wildman–Crippen MR) is 79.9 cm³/mol. The van der Waals surface area contributed by atoms with Crippen LogP contribution >= 0.6 is 11.3 Å². The van der Waals surface area contributed by atoms with E-state index in [1.807, 2.05) is 5.38 Å². The third-order valence-corrected chi connectivity index (χ3v) is 4.19. The van der Waals surface area contributed by atoms with Crippen LogP contribution in [0.15, 0.2) is 23.6 Å². The molecule has 1 aliphatic carbocycles. The molecular weight excluding hydrogens is 290 g/mol. The summed E-state index contributed by atoms with van der Waals surface area (Å²) < 4.78 is 0. The first-order valence-corrected chi connectivity index (χ1v) is 7.44. The second kappa shape index (κ2) is 5.25. The number of carbonyl (C=O) groups is 1. The minimum absolute atomic E-state index is 0.0939. The second-order valence-electron chi connectivity index (χ2n) is 5.06. The summed E-state index contributed by atoms with van der Waals surface area (Å²) in [7, 11) is 0. The van der Waals surface area contributed by atoms with E-state index in [0.717, 1.165) is 18.5 Å². The zero-order valence-electron chi connectivity index (χ0n) is 11.3. The lowest BCUT2D eigenvalue weighted by Gasteiger charge is -2.05. The fourth-order valence-electron chi connectivity index (χ4n) is 2.04. The third kappa shape index (κ3) is 2.92. The molecule has 0 radical (unpaired) electrons. The molecule has 2 aromatic rings. The van der Waals surface area contributed by atoms with Gasteiger partial charge in [0.25, 0.3) is 11.6 Å². The van der Waals surface area contributed by atoms with E-state index in [1.54, 1.807) is 13.0 Å². The minimum Gasteiger partial charge on any atom is -0.298 e. The highest BCUT2D eigenvalue weighted by Crippen LogP contribution is 2.40. The lowest BCUT2D eigenvalue weighted by Crippen LogP contribution is -2.13. The SMILES string of the molecule is Cc1ccc([N+](=O)[O-])cc1C(=O)Nc1nc(C2CC2)cs1. The first kappa shape index (κ1) is 13.7. The Labute approximate surface area is 125 Å². The molecule has 1 aromatic carbocycles. The summed E-state index contributed by atoms with van der Waals surface area (Å²) in [5.41, 5.74) is 1.92. The number of amides is 1. The number of nitrogens with zero attached hydrogens (tertiary/aromatic N) is 2. The van der Waals surface area contributed by atoms with Crippen LogP contribution in [-0.2, 0) is 0 Å². The maximum Gasteiger partial charge on any atom is 0.270 e. The van der Waals surface area contributed by atoms with E-state index in [-0.39, 0.29) is 11.6 Å². The van der Waals surface area contributed by atoms with Crippen LogP contribution < -0.4 is 5.32 Å². The van der Waals surface area contributed by atoms with E-state index in [2.05, 4.69) is 10.3 Å². The van der Waals surface area contributed by atoms with Gasteiger partial charge >= 0.3 is 0 Å². The lowest BCUT2D eigenvalue weighted by atomic mass is 10.1. The van der Waals surface area contributed by atoms with Gasteiger partial charge in [0, 0.05) is 29.0 Å². The highest BCUT2D eigenvalue weighted by atomic mass is 32.1. The molecule has 0 unspecified atom stereocenters. The van der Waals surface area contributed by atoms with Crippen LogP contribution in [0.25, 0.3) is 0 Å². The number of anilines is 1. The van der Waals surface area contributed by atoms with E-state index < -0.39 is 4.92 Å². The molecule has 1 aliphatic rings.